The predicted octanol–water partition coefficient (Wildman–Crippen LogP) is 4.62. The minimum atomic E-state index is -0.917. The van der Waals surface area contributed by atoms with E-state index in [-0.39, 0.29) is 23.6 Å². The Morgan fingerprint density at radius 3 is 2.69 bits per heavy atom. The minimum Gasteiger partial charge on any atom is -0.347 e. The lowest BCUT2D eigenvalue weighted by atomic mass is 9.85. The molecule has 2 aromatic carbocycles. The van der Waals surface area contributed by atoms with Crippen LogP contribution in [0.1, 0.15) is 53.6 Å². The Balaban J connectivity index is 1.50. The molecule has 0 spiro atoms. The lowest BCUT2D eigenvalue weighted by Crippen LogP contribution is -2.50. The molecule has 1 fully saturated rings. The molecular formula is C25H26F3N3O. The van der Waals surface area contributed by atoms with E-state index in [0.717, 1.165) is 30.0 Å². The molecule has 1 unspecified atom stereocenters. The van der Waals surface area contributed by atoms with Gasteiger partial charge in [0.15, 0.2) is 11.6 Å². The highest BCUT2D eigenvalue weighted by molar-refractivity contribution is 5.95. The van der Waals surface area contributed by atoms with Crippen molar-refractivity contribution in [2.24, 2.45) is 4.99 Å². The van der Waals surface area contributed by atoms with Crippen molar-refractivity contribution < 1.29 is 18.0 Å². The topological polar surface area (TPSA) is 53.5 Å². The van der Waals surface area contributed by atoms with Crippen molar-refractivity contribution >= 4 is 17.7 Å². The Bertz CT molecular complexity index is 1070. The minimum absolute atomic E-state index is 0.0420. The van der Waals surface area contributed by atoms with Gasteiger partial charge >= 0.3 is 0 Å². The van der Waals surface area contributed by atoms with Crippen molar-refractivity contribution in [3.8, 4) is 0 Å². The summed E-state index contributed by atoms with van der Waals surface area (Å²) in [6.07, 6.45) is 5.95. The van der Waals surface area contributed by atoms with Gasteiger partial charge in [0.25, 0.3) is 5.91 Å². The average molecular weight is 441 g/mol. The maximum atomic E-state index is 14.9. The third-order valence-corrected chi connectivity index (χ3v) is 6.20. The van der Waals surface area contributed by atoms with E-state index in [1.165, 1.54) is 24.3 Å². The van der Waals surface area contributed by atoms with Crippen LogP contribution in [0, 0.1) is 17.5 Å². The highest BCUT2D eigenvalue weighted by Crippen LogP contribution is 2.28. The van der Waals surface area contributed by atoms with Gasteiger partial charge in [-0.05, 0) is 79.8 Å². The third kappa shape index (κ3) is 4.93. The maximum Gasteiger partial charge on any atom is 0.254 e. The molecule has 2 aliphatic rings. The largest absolute Gasteiger partial charge is 0.347 e. The number of allylic oxidation sites excluding steroid dienone is 2. The van der Waals surface area contributed by atoms with Gasteiger partial charge in [-0.15, -0.1) is 0 Å². The summed E-state index contributed by atoms with van der Waals surface area (Å²) in [5, 5.41) is 6.08. The van der Waals surface area contributed by atoms with Crippen molar-refractivity contribution in [2.75, 3.05) is 13.1 Å². The summed E-state index contributed by atoms with van der Waals surface area (Å²) in [5.74, 6) is -3.14. The van der Waals surface area contributed by atoms with Crippen molar-refractivity contribution in [2.45, 2.75) is 44.2 Å². The fourth-order valence-corrected chi connectivity index (χ4v) is 4.34. The smallest absolute Gasteiger partial charge is 0.254 e. The van der Waals surface area contributed by atoms with Crippen LogP contribution in [0.15, 0.2) is 47.5 Å². The number of rotatable bonds is 4. The zero-order valence-corrected chi connectivity index (χ0v) is 17.9. The molecule has 7 heteroatoms. The van der Waals surface area contributed by atoms with E-state index in [2.05, 4.69) is 15.6 Å². The van der Waals surface area contributed by atoms with Crippen LogP contribution in [-0.2, 0) is 0 Å². The van der Waals surface area contributed by atoms with Gasteiger partial charge in [-0.2, -0.15) is 0 Å². The van der Waals surface area contributed by atoms with Gasteiger partial charge in [0.1, 0.15) is 5.82 Å². The molecule has 2 N–H and O–H groups in total. The highest BCUT2D eigenvalue weighted by Gasteiger charge is 2.29. The molecule has 1 saturated heterocycles. The van der Waals surface area contributed by atoms with Crippen LogP contribution in [0.4, 0.5) is 13.2 Å². The first-order chi connectivity index (χ1) is 15.4. The monoisotopic (exact) mass is 441 g/mol. The second-order valence-electron chi connectivity index (χ2n) is 8.43. The number of hydrogen-bond acceptors (Lipinski definition) is 3. The average Bonchev–Trinajstić information content (AvgIpc) is 3.00. The molecule has 32 heavy (non-hydrogen) atoms. The Labute approximate surface area is 185 Å². The number of piperidine rings is 1. The van der Waals surface area contributed by atoms with Crippen LogP contribution in [-0.4, -0.2) is 37.3 Å². The molecule has 168 valence electrons. The molecule has 1 amide bonds. The lowest BCUT2D eigenvalue weighted by molar-refractivity contribution is 0.0920. The molecule has 2 aliphatic heterocycles. The molecule has 2 heterocycles. The Morgan fingerprint density at radius 2 is 1.91 bits per heavy atom. The van der Waals surface area contributed by atoms with Crippen LogP contribution in [0.3, 0.4) is 0 Å². The number of nitrogens with zero attached hydrogens (tertiary/aromatic N) is 1. The lowest BCUT2D eigenvalue weighted by Gasteiger charge is -2.33. The molecule has 3 atom stereocenters. The third-order valence-electron chi connectivity index (χ3n) is 6.20. The van der Waals surface area contributed by atoms with Gasteiger partial charge in [0, 0.05) is 30.8 Å². The van der Waals surface area contributed by atoms with Crippen molar-refractivity contribution in [3.05, 3.63) is 76.6 Å². The van der Waals surface area contributed by atoms with Crippen LogP contribution in [0.2, 0.25) is 0 Å². The first-order valence-corrected chi connectivity index (χ1v) is 10.9. The number of carbonyl (C=O) groups excluding carboxylic acids is 1. The fourth-order valence-electron chi connectivity index (χ4n) is 4.34. The summed E-state index contributed by atoms with van der Waals surface area (Å²) in [4.78, 5) is 17.2. The van der Waals surface area contributed by atoms with E-state index in [1.54, 1.807) is 12.3 Å². The number of benzene rings is 2. The molecule has 2 aromatic rings. The highest BCUT2D eigenvalue weighted by atomic mass is 19.2. The summed E-state index contributed by atoms with van der Waals surface area (Å²) in [6.45, 7) is 3.19. The van der Waals surface area contributed by atoms with E-state index in [0.29, 0.717) is 25.1 Å². The number of aliphatic imine (C=N–C) groups is 1. The second-order valence-corrected chi connectivity index (χ2v) is 8.43. The van der Waals surface area contributed by atoms with E-state index in [9.17, 15) is 18.0 Å². The van der Waals surface area contributed by atoms with Crippen molar-refractivity contribution in [1.29, 1.82) is 0 Å². The van der Waals surface area contributed by atoms with Crippen molar-refractivity contribution in [3.63, 3.8) is 0 Å². The normalized spacial score (nSPS) is 23.4. The van der Waals surface area contributed by atoms with E-state index < -0.39 is 23.4 Å². The van der Waals surface area contributed by atoms with E-state index in [4.69, 9.17) is 0 Å². The van der Waals surface area contributed by atoms with Crippen LogP contribution >= 0.6 is 0 Å². The number of halogens is 3. The van der Waals surface area contributed by atoms with Gasteiger partial charge in [-0.3, -0.25) is 9.79 Å². The molecule has 0 aliphatic carbocycles. The Kier molecular flexibility index (Phi) is 6.74. The molecule has 0 aromatic heterocycles. The summed E-state index contributed by atoms with van der Waals surface area (Å²) >= 11 is 0. The standard InChI is InChI=1S/C25H26F3N3O/c1-15-2-3-16(8-11-30-15)17-4-6-20(22(27)12-17)25(32)31-24-14-29-10-9-19(24)18-5-7-21(26)23(28)13-18/h4-8,11-13,15,19,24,29H,2-3,9-10,14H2,1H3,(H,31,32)/t15?,19-,24+/m0/s1. The van der Waals surface area contributed by atoms with Crippen LogP contribution in [0.25, 0.3) is 5.57 Å². The number of hydrogen-bond donors (Lipinski definition) is 2. The fraction of sp³-hybridized carbons (Fsp3) is 0.360. The van der Waals surface area contributed by atoms with Crippen LogP contribution < -0.4 is 10.6 Å². The quantitative estimate of drug-likeness (QED) is 0.728. The zero-order valence-electron chi connectivity index (χ0n) is 17.9. The molecule has 4 rings (SSSR count). The predicted molar refractivity (Wildman–Crippen MR) is 119 cm³/mol. The van der Waals surface area contributed by atoms with Gasteiger partial charge in [0.05, 0.1) is 5.56 Å². The van der Waals surface area contributed by atoms with E-state index in [1.807, 2.05) is 13.0 Å². The van der Waals surface area contributed by atoms with Gasteiger partial charge in [-0.1, -0.05) is 12.1 Å². The summed E-state index contributed by atoms with van der Waals surface area (Å²) in [7, 11) is 0. The maximum absolute atomic E-state index is 14.9. The van der Waals surface area contributed by atoms with Gasteiger partial charge in [-0.25, -0.2) is 13.2 Å². The Hall–Kier alpha value is -2.93. The number of nitrogens with one attached hydrogen (secondary N) is 2. The first-order valence-electron chi connectivity index (χ1n) is 10.9. The van der Waals surface area contributed by atoms with E-state index >= 15 is 0 Å². The SMILES string of the molecule is CC1CCC(c2ccc(C(=O)N[C@@H]3CNCC[C@H]3c3ccc(F)c(F)c3)c(F)c2)=CC=N1. The molecule has 0 bridgehead atoms. The van der Waals surface area contributed by atoms with Crippen molar-refractivity contribution in [1.82, 2.24) is 10.6 Å². The van der Waals surface area contributed by atoms with Crippen LogP contribution in [0.5, 0.6) is 0 Å². The van der Waals surface area contributed by atoms with Gasteiger partial charge in [0.2, 0.25) is 0 Å². The van der Waals surface area contributed by atoms with Gasteiger partial charge < -0.3 is 10.6 Å². The molecule has 0 radical (unpaired) electrons. The molecule has 4 nitrogen and oxygen atoms in total. The Morgan fingerprint density at radius 1 is 1.06 bits per heavy atom. The first kappa shape index (κ1) is 22.3. The summed E-state index contributed by atoms with van der Waals surface area (Å²) < 4.78 is 42.0. The number of amides is 1. The summed E-state index contributed by atoms with van der Waals surface area (Å²) in [6, 6.07) is 8.29. The molecule has 0 saturated carbocycles. The zero-order chi connectivity index (χ0) is 22.7. The summed E-state index contributed by atoms with van der Waals surface area (Å²) in [5.41, 5.74) is 2.29. The number of carbonyl (C=O) groups is 1. The molecular weight excluding hydrogens is 415 g/mol. The second kappa shape index (κ2) is 9.69.